The molecule has 0 saturated carbocycles. The van der Waals surface area contributed by atoms with E-state index in [0.717, 1.165) is 25.9 Å². The molecule has 0 aliphatic carbocycles. The van der Waals surface area contributed by atoms with Gasteiger partial charge in [-0.15, -0.1) is 0 Å². The fourth-order valence-electron chi connectivity index (χ4n) is 3.56. The highest BCUT2D eigenvalue weighted by atomic mass is 32.2. The van der Waals surface area contributed by atoms with Crippen LogP contribution >= 0.6 is 11.8 Å². The van der Waals surface area contributed by atoms with Crippen molar-refractivity contribution in [2.45, 2.75) is 18.9 Å². The van der Waals surface area contributed by atoms with Crippen LogP contribution in [0.3, 0.4) is 0 Å². The van der Waals surface area contributed by atoms with Gasteiger partial charge in [0.15, 0.2) is 5.17 Å². The third-order valence-corrected chi connectivity index (χ3v) is 6.03. The number of carboxylic acid groups (broad SMARTS) is 1. The first kappa shape index (κ1) is 19.9. The number of aliphatic imine (C=N–C) groups is 1. The van der Waals surface area contributed by atoms with Crippen molar-refractivity contribution in [2.75, 3.05) is 32.8 Å². The molecule has 1 aromatic rings. The number of amides is 2. The molecule has 29 heavy (non-hydrogen) atoms. The molecule has 4 rings (SSSR count). The summed E-state index contributed by atoms with van der Waals surface area (Å²) in [5, 5.41) is 12.0. The number of ether oxygens (including phenoxy) is 1. The van der Waals surface area contributed by atoms with Crippen LogP contribution in [-0.2, 0) is 9.53 Å². The van der Waals surface area contributed by atoms with Gasteiger partial charge in [-0.1, -0.05) is 6.07 Å². The lowest BCUT2D eigenvalue weighted by Crippen LogP contribution is -2.45. The number of carbonyl (C=O) groups excluding carboxylic acids is 1. The highest BCUT2D eigenvalue weighted by Gasteiger charge is 2.31. The molecule has 3 aliphatic rings. The van der Waals surface area contributed by atoms with Crippen LogP contribution in [0.25, 0.3) is 6.08 Å². The molecule has 154 valence electrons. The van der Waals surface area contributed by atoms with Gasteiger partial charge < -0.3 is 9.84 Å². The predicted octanol–water partition coefficient (Wildman–Crippen LogP) is 2.45. The van der Waals surface area contributed by atoms with Gasteiger partial charge in [0.2, 0.25) is 0 Å². The fraction of sp³-hybridized carbons (Fsp3) is 0.421. The Labute approximate surface area is 171 Å². The molecular weight excluding hydrogens is 399 g/mol. The molecule has 0 radical (unpaired) electrons. The Kier molecular flexibility index (Phi) is 5.84. The molecular formula is C19H21FN4O4S. The van der Waals surface area contributed by atoms with Crippen molar-refractivity contribution in [1.82, 2.24) is 15.3 Å². The van der Waals surface area contributed by atoms with E-state index in [1.807, 2.05) is 5.01 Å². The summed E-state index contributed by atoms with van der Waals surface area (Å²) in [4.78, 5) is 29.8. The molecule has 1 aromatic carbocycles. The Morgan fingerprint density at radius 1 is 1.38 bits per heavy atom. The predicted molar refractivity (Wildman–Crippen MR) is 107 cm³/mol. The molecule has 0 bridgehead atoms. The van der Waals surface area contributed by atoms with Gasteiger partial charge in [-0.05, 0) is 53.9 Å². The zero-order valence-corrected chi connectivity index (χ0v) is 16.5. The lowest BCUT2D eigenvalue weighted by atomic mass is 9.98. The molecule has 10 heteroatoms. The average Bonchev–Trinajstić information content (AvgIpc) is 3.10. The number of thioether (sulfide) groups is 1. The molecule has 3 heterocycles. The number of nitrogens with one attached hydrogen (secondary N) is 1. The minimum Gasteiger partial charge on any atom is -0.465 e. The number of hydrogen-bond donors (Lipinski definition) is 2. The van der Waals surface area contributed by atoms with Gasteiger partial charge in [-0.2, -0.15) is 4.99 Å². The zero-order valence-electron chi connectivity index (χ0n) is 15.6. The molecule has 3 aliphatic heterocycles. The van der Waals surface area contributed by atoms with Crippen molar-refractivity contribution in [3.63, 3.8) is 0 Å². The second kappa shape index (κ2) is 8.52. The number of morpholine rings is 1. The van der Waals surface area contributed by atoms with Crippen LogP contribution in [0.5, 0.6) is 0 Å². The summed E-state index contributed by atoms with van der Waals surface area (Å²) < 4.78 is 19.4. The molecule has 8 nitrogen and oxygen atoms in total. The van der Waals surface area contributed by atoms with Crippen molar-refractivity contribution in [3.05, 3.63) is 40.0 Å². The van der Waals surface area contributed by atoms with Gasteiger partial charge in [-0.3, -0.25) is 14.7 Å². The van der Waals surface area contributed by atoms with Crippen molar-refractivity contribution in [1.29, 1.82) is 0 Å². The third kappa shape index (κ3) is 4.29. The molecule has 2 N–H and O–H groups in total. The molecule has 0 spiro atoms. The quantitative estimate of drug-likeness (QED) is 0.710. The van der Waals surface area contributed by atoms with E-state index in [4.69, 9.17) is 4.74 Å². The fourth-order valence-corrected chi connectivity index (χ4v) is 4.47. The smallest absolute Gasteiger partial charge is 0.407 e. The molecule has 2 amide bonds. The number of halogens is 1. The summed E-state index contributed by atoms with van der Waals surface area (Å²) in [6, 6.07) is 3.51. The standard InChI is InChI=1S/C19H21FN4O4S/c20-13-4-3-12(14(10-13)15-11-28-8-7-23(15)19(26)27)9-16-17(25)22-18(29-16)24-6-2-1-5-21-24/h3-4,9-10,15,21H,1-2,5-8,11H2,(H,26,27)/b16-9+. The SMILES string of the molecule is O=C1N=C(N2CCCCN2)S/C1=C/c1ccc(F)cc1C1COCCN1C(=O)O. The number of hydrogen-bond acceptors (Lipinski definition) is 6. The normalized spacial score (nSPS) is 24.2. The maximum absolute atomic E-state index is 14.0. The summed E-state index contributed by atoms with van der Waals surface area (Å²) in [5.41, 5.74) is 4.26. The summed E-state index contributed by atoms with van der Waals surface area (Å²) >= 11 is 1.26. The van der Waals surface area contributed by atoms with Crippen molar-refractivity contribution in [3.8, 4) is 0 Å². The maximum Gasteiger partial charge on any atom is 0.407 e. The summed E-state index contributed by atoms with van der Waals surface area (Å²) in [5.74, 6) is -0.833. The summed E-state index contributed by atoms with van der Waals surface area (Å²) in [7, 11) is 0. The first-order chi connectivity index (χ1) is 14.0. The minimum atomic E-state index is -1.09. The van der Waals surface area contributed by atoms with Crippen LogP contribution in [0.1, 0.15) is 30.0 Å². The number of carbonyl (C=O) groups is 2. The van der Waals surface area contributed by atoms with E-state index in [-0.39, 0.29) is 19.1 Å². The first-order valence-corrected chi connectivity index (χ1v) is 10.2. The van der Waals surface area contributed by atoms with E-state index in [1.165, 1.54) is 28.8 Å². The maximum atomic E-state index is 14.0. The van der Waals surface area contributed by atoms with Crippen molar-refractivity contribution in [2.24, 2.45) is 4.99 Å². The molecule has 1 atom stereocenters. The molecule has 2 fully saturated rings. The van der Waals surface area contributed by atoms with Gasteiger partial charge in [-0.25, -0.2) is 14.6 Å². The van der Waals surface area contributed by atoms with Crippen molar-refractivity contribution >= 4 is 35.0 Å². The number of rotatable bonds is 2. The Morgan fingerprint density at radius 3 is 3.00 bits per heavy atom. The van der Waals surface area contributed by atoms with Crippen LogP contribution in [0.2, 0.25) is 0 Å². The van der Waals surface area contributed by atoms with E-state index in [2.05, 4.69) is 10.4 Å². The van der Waals surface area contributed by atoms with Gasteiger partial charge in [0.25, 0.3) is 5.91 Å². The van der Waals surface area contributed by atoms with Gasteiger partial charge in [0.1, 0.15) is 5.82 Å². The Morgan fingerprint density at radius 2 is 2.24 bits per heavy atom. The van der Waals surface area contributed by atoms with E-state index in [9.17, 15) is 19.1 Å². The van der Waals surface area contributed by atoms with E-state index < -0.39 is 18.0 Å². The molecule has 2 saturated heterocycles. The van der Waals surface area contributed by atoms with E-state index >= 15 is 0 Å². The monoisotopic (exact) mass is 420 g/mol. The first-order valence-electron chi connectivity index (χ1n) is 9.43. The van der Waals surface area contributed by atoms with Crippen LogP contribution in [0.15, 0.2) is 28.1 Å². The lowest BCUT2D eigenvalue weighted by molar-refractivity contribution is -0.113. The highest BCUT2D eigenvalue weighted by Crippen LogP contribution is 2.34. The van der Waals surface area contributed by atoms with Crippen molar-refractivity contribution < 1.29 is 23.8 Å². The number of hydrazine groups is 1. The topological polar surface area (TPSA) is 94.5 Å². The van der Waals surface area contributed by atoms with E-state index in [0.29, 0.717) is 27.8 Å². The van der Waals surface area contributed by atoms with E-state index in [1.54, 1.807) is 12.1 Å². The largest absolute Gasteiger partial charge is 0.465 e. The zero-order chi connectivity index (χ0) is 20.4. The van der Waals surface area contributed by atoms with Gasteiger partial charge in [0, 0.05) is 19.6 Å². The van der Waals surface area contributed by atoms with Crippen LogP contribution < -0.4 is 5.43 Å². The van der Waals surface area contributed by atoms with Gasteiger partial charge in [0.05, 0.1) is 24.2 Å². The number of nitrogens with zero attached hydrogens (tertiary/aromatic N) is 3. The average molecular weight is 420 g/mol. The highest BCUT2D eigenvalue weighted by molar-refractivity contribution is 8.18. The lowest BCUT2D eigenvalue weighted by Gasteiger charge is -2.34. The minimum absolute atomic E-state index is 0.131. The second-order valence-electron chi connectivity index (χ2n) is 6.92. The number of benzene rings is 1. The Balaban J connectivity index is 1.62. The summed E-state index contributed by atoms with van der Waals surface area (Å²) in [6.07, 6.45) is 2.66. The Bertz CT molecular complexity index is 885. The number of amidine groups is 1. The van der Waals surface area contributed by atoms with Crippen LogP contribution in [-0.4, -0.2) is 65.0 Å². The third-order valence-electron chi connectivity index (χ3n) is 5.02. The molecule has 1 unspecified atom stereocenters. The Hall–Kier alpha value is -2.43. The van der Waals surface area contributed by atoms with Crippen LogP contribution in [0.4, 0.5) is 9.18 Å². The molecule has 0 aromatic heterocycles. The second-order valence-corrected chi connectivity index (χ2v) is 7.93. The van der Waals surface area contributed by atoms with Crippen LogP contribution in [0, 0.1) is 5.82 Å². The van der Waals surface area contributed by atoms with Gasteiger partial charge >= 0.3 is 6.09 Å². The summed E-state index contributed by atoms with van der Waals surface area (Å²) in [6.45, 7) is 2.24.